The molecule has 6 nitrogen and oxygen atoms in total. The number of ether oxygens (including phenoxy) is 1. The van der Waals surface area contributed by atoms with Gasteiger partial charge < -0.3 is 19.9 Å². The smallest absolute Gasteiger partial charge is 0.225 e. The number of amides is 1. The van der Waals surface area contributed by atoms with E-state index in [1.807, 2.05) is 36.5 Å². The molecule has 2 N–H and O–H groups in total. The molecule has 0 radical (unpaired) electrons. The fourth-order valence-electron chi connectivity index (χ4n) is 3.56. The fraction of sp³-hybridized carbons (Fsp3) is 0.556. The summed E-state index contributed by atoms with van der Waals surface area (Å²) in [6, 6.07) is 7.98. The highest BCUT2D eigenvalue weighted by Gasteiger charge is 2.33. The van der Waals surface area contributed by atoms with Crippen molar-refractivity contribution in [2.24, 2.45) is 11.7 Å². The van der Waals surface area contributed by atoms with Gasteiger partial charge in [-0.1, -0.05) is 12.1 Å². The lowest BCUT2D eigenvalue weighted by Crippen LogP contribution is -2.46. The van der Waals surface area contributed by atoms with Gasteiger partial charge in [0, 0.05) is 39.2 Å². The number of likely N-dealkylation sites (N-methyl/N-ethyl adjacent to an activating group) is 1. The van der Waals surface area contributed by atoms with Crippen LogP contribution in [0.2, 0.25) is 0 Å². The maximum absolute atomic E-state index is 12.7. The molecule has 1 amide bonds. The Bertz CT molecular complexity index is 699. The van der Waals surface area contributed by atoms with Gasteiger partial charge in [-0.05, 0) is 31.4 Å². The molecule has 1 aromatic carbocycles. The van der Waals surface area contributed by atoms with Gasteiger partial charge in [-0.25, -0.2) is 4.98 Å². The van der Waals surface area contributed by atoms with E-state index in [2.05, 4.69) is 15.6 Å². The second kappa shape index (κ2) is 7.32. The minimum atomic E-state index is -0.0521. The summed E-state index contributed by atoms with van der Waals surface area (Å²) in [6.07, 6.45) is 4.33. The molecular weight excluding hydrogens is 304 g/mol. The number of nitrogens with two attached hydrogens (primary N) is 1. The van der Waals surface area contributed by atoms with Crippen molar-refractivity contribution in [3.05, 3.63) is 30.6 Å². The lowest BCUT2D eigenvalue weighted by molar-refractivity contribution is -0.136. The van der Waals surface area contributed by atoms with Gasteiger partial charge in [0.15, 0.2) is 0 Å². The molecule has 3 atom stereocenters. The van der Waals surface area contributed by atoms with Crippen molar-refractivity contribution in [2.45, 2.75) is 38.0 Å². The van der Waals surface area contributed by atoms with E-state index in [0.29, 0.717) is 13.0 Å². The third-order valence-electron chi connectivity index (χ3n) is 5.07. The number of carbonyl (C=O) groups excluding carboxylic acids is 1. The highest BCUT2D eigenvalue weighted by Crippen LogP contribution is 2.26. The summed E-state index contributed by atoms with van der Waals surface area (Å²) in [5, 5.41) is 0. The minimum absolute atomic E-state index is 0.0101. The van der Waals surface area contributed by atoms with Crippen LogP contribution in [-0.2, 0) is 16.1 Å². The number of imidazole rings is 1. The average molecular weight is 330 g/mol. The zero-order valence-corrected chi connectivity index (χ0v) is 14.4. The summed E-state index contributed by atoms with van der Waals surface area (Å²) in [6.45, 7) is 1.40. The molecule has 6 heteroatoms. The Kier molecular flexibility index (Phi) is 5.16. The molecule has 1 fully saturated rings. The first-order valence-electron chi connectivity index (χ1n) is 8.53. The third-order valence-corrected chi connectivity index (χ3v) is 5.07. The van der Waals surface area contributed by atoms with Crippen molar-refractivity contribution in [3.8, 4) is 0 Å². The Balaban J connectivity index is 1.57. The minimum Gasteiger partial charge on any atom is -0.380 e. The van der Waals surface area contributed by atoms with Crippen molar-refractivity contribution in [3.63, 3.8) is 0 Å². The van der Waals surface area contributed by atoms with Crippen LogP contribution in [0.5, 0.6) is 0 Å². The van der Waals surface area contributed by atoms with Crippen molar-refractivity contribution < 1.29 is 9.53 Å². The molecule has 24 heavy (non-hydrogen) atoms. The van der Waals surface area contributed by atoms with E-state index in [-0.39, 0.29) is 24.0 Å². The number of rotatable bonds is 5. The van der Waals surface area contributed by atoms with Gasteiger partial charge in [-0.2, -0.15) is 0 Å². The zero-order valence-electron chi connectivity index (χ0n) is 14.4. The molecule has 1 heterocycles. The van der Waals surface area contributed by atoms with Gasteiger partial charge in [-0.15, -0.1) is 0 Å². The largest absolute Gasteiger partial charge is 0.380 e. The van der Waals surface area contributed by atoms with Crippen molar-refractivity contribution >= 4 is 16.9 Å². The summed E-state index contributed by atoms with van der Waals surface area (Å²) in [5.41, 5.74) is 8.20. The lowest BCUT2D eigenvalue weighted by atomic mass is 9.83. The Morgan fingerprint density at radius 2 is 2.21 bits per heavy atom. The normalized spacial score (nSPS) is 24.2. The van der Waals surface area contributed by atoms with Crippen LogP contribution in [-0.4, -0.2) is 53.2 Å². The van der Waals surface area contributed by atoms with E-state index in [4.69, 9.17) is 10.5 Å². The zero-order chi connectivity index (χ0) is 17.1. The van der Waals surface area contributed by atoms with Crippen LogP contribution >= 0.6 is 0 Å². The Labute approximate surface area is 142 Å². The van der Waals surface area contributed by atoms with Crippen LogP contribution in [0.4, 0.5) is 0 Å². The molecule has 1 saturated carbocycles. The van der Waals surface area contributed by atoms with Gasteiger partial charge in [0.25, 0.3) is 0 Å². The number of fused-ring (bicyclic) bond motifs is 1. The van der Waals surface area contributed by atoms with Crippen LogP contribution in [0.15, 0.2) is 30.6 Å². The third kappa shape index (κ3) is 3.44. The summed E-state index contributed by atoms with van der Waals surface area (Å²) in [5.74, 6) is 0.195. The number of hydrogen-bond donors (Lipinski definition) is 1. The molecule has 0 unspecified atom stereocenters. The number of aromatic nitrogens is 2. The average Bonchev–Trinajstić information content (AvgIpc) is 3.02. The Morgan fingerprint density at radius 1 is 1.42 bits per heavy atom. The quantitative estimate of drug-likeness (QED) is 0.904. The fourth-order valence-corrected chi connectivity index (χ4v) is 3.56. The highest BCUT2D eigenvalue weighted by molar-refractivity contribution is 5.79. The second-order valence-corrected chi connectivity index (χ2v) is 6.63. The van der Waals surface area contributed by atoms with Crippen molar-refractivity contribution in [1.29, 1.82) is 0 Å². The van der Waals surface area contributed by atoms with Gasteiger partial charge in [-0.3, -0.25) is 4.79 Å². The second-order valence-electron chi connectivity index (χ2n) is 6.63. The molecule has 0 spiro atoms. The lowest BCUT2D eigenvalue weighted by Gasteiger charge is -2.34. The summed E-state index contributed by atoms with van der Waals surface area (Å²) >= 11 is 0. The van der Waals surface area contributed by atoms with Crippen LogP contribution in [0.1, 0.15) is 19.3 Å². The first kappa shape index (κ1) is 16.9. The van der Waals surface area contributed by atoms with E-state index >= 15 is 0 Å². The maximum Gasteiger partial charge on any atom is 0.225 e. The molecule has 3 rings (SSSR count). The molecule has 0 bridgehead atoms. The van der Waals surface area contributed by atoms with Crippen LogP contribution < -0.4 is 5.73 Å². The van der Waals surface area contributed by atoms with E-state index in [1.54, 1.807) is 7.11 Å². The molecule has 2 aromatic rings. The van der Waals surface area contributed by atoms with Gasteiger partial charge >= 0.3 is 0 Å². The summed E-state index contributed by atoms with van der Waals surface area (Å²) in [4.78, 5) is 18.9. The number of benzene rings is 1. The van der Waals surface area contributed by atoms with E-state index in [0.717, 1.165) is 30.4 Å². The van der Waals surface area contributed by atoms with Crippen molar-refractivity contribution in [1.82, 2.24) is 14.5 Å². The molecular formula is C18H26N4O2. The predicted molar refractivity (Wildman–Crippen MR) is 93.5 cm³/mol. The highest BCUT2D eigenvalue weighted by atomic mass is 16.5. The van der Waals surface area contributed by atoms with E-state index in [9.17, 15) is 4.79 Å². The Hall–Kier alpha value is -1.92. The van der Waals surface area contributed by atoms with E-state index < -0.39 is 0 Å². The topological polar surface area (TPSA) is 73.4 Å². The van der Waals surface area contributed by atoms with Crippen molar-refractivity contribution in [2.75, 3.05) is 20.7 Å². The summed E-state index contributed by atoms with van der Waals surface area (Å²) < 4.78 is 7.46. The Morgan fingerprint density at radius 3 is 2.96 bits per heavy atom. The number of methoxy groups -OCH3 is 1. The van der Waals surface area contributed by atoms with Gasteiger partial charge in [0.1, 0.15) is 0 Å². The number of para-hydroxylation sites is 2. The molecule has 1 aliphatic carbocycles. The molecule has 1 aromatic heterocycles. The number of nitrogens with zero attached hydrogens (tertiary/aromatic N) is 3. The van der Waals surface area contributed by atoms with Crippen LogP contribution in [0.3, 0.4) is 0 Å². The van der Waals surface area contributed by atoms with Crippen LogP contribution in [0.25, 0.3) is 11.0 Å². The number of hydrogen-bond acceptors (Lipinski definition) is 4. The molecule has 0 aliphatic heterocycles. The van der Waals surface area contributed by atoms with Gasteiger partial charge in [0.2, 0.25) is 5.91 Å². The standard InChI is InChI=1S/C18H26N4O2/c1-21(18(23)13-7-8-17(24-2)14(19)11-13)9-10-22-12-20-15-5-3-4-6-16(15)22/h3-6,12-14,17H,7-11,19H2,1-2H3/t13-,14+,17+/m0/s1. The molecule has 130 valence electrons. The number of carbonyl (C=O) groups is 1. The van der Waals surface area contributed by atoms with Gasteiger partial charge in [0.05, 0.1) is 23.5 Å². The van der Waals surface area contributed by atoms with Crippen LogP contribution in [0, 0.1) is 5.92 Å². The summed E-state index contributed by atoms with van der Waals surface area (Å²) in [7, 11) is 3.56. The first-order chi connectivity index (χ1) is 11.6. The molecule has 1 aliphatic rings. The molecule has 0 saturated heterocycles. The first-order valence-corrected chi connectivity index (χ1v) is 8.53. The SMILES string of the molecule is CO[C@@H]1CC[C@H](C(=O)N(C)CCn2cnc3ccccc32)C[C@H]1N. The monoisotopic (exact) mass is 330 g/mol. The van der Waals surface area contributed by atoms with E-state index in [1.165, 1.54) is 0 Å². The predicted octanol–water partition coefficient (Wildman–Crippen LogP) is 1.64. The maximum atomic E-state index is 12.7.